The van der Waals surface area contributed by atoms with Crippen molar-refractivity contribution in [2.45, 2.75) is 13.0 Å². The number of carboxylic acids is 1. The van der Waals surface area contributed by atoms with Crippen molar-refractivity contribution in [2.75, 3.05) is 31.6 Å². The molecule has 1 aliphatic heterocycles. The van der Waals surface area contributed by atoms with Gasteiger partial charge in [-0.3, -0.25) is 4.21 Å². The summed E-state index contributed by atoms with van der Waals surface area (Å²) in [5.74, 6) is -0.0846. The zero-order valence-corrected chi connectivity index (χ0v) is 10.2. The first-order chi connectivity index (χ1) is 7.43. The minimum atomic E-state index is -1.03. The molecular weight excluding hydrogens is 232 g/mol. The highest BCUT2D eigenvalue weighted by atomic mass is 32.2. The van der Waals surface area contributed by atoms with Crippen molar-refractivity contribution in [1.82, 2.24) is 9.80 Å². The molecule has 1 N–H and O–H groups in total. The Bertz CT molecular complexity index is 311. The summed E-state index contributed by atoms with van der Waals surface area (Å²) in [6, 6.07) is -1.16. The Morgan fingerprint density at radius 2 is 1.88 bits per heavy atom. The average Bonchev–Trinajstić information content (AvgIpc) is 2.27. The third kappa shape index (κ3) is 2.94. The predicted octanol–water partition coefficient (Wildman–Crippen LogP) is -0.424. The van der Waals surface area contributed by atoms with Crippen LogP contribution in [0.1, 0.15) is 6.92 Å². The molecule has 7 heteroatoms. The lowest BCUT2D eigenvalue weighted by Crippen LogP contribution is -2.51. The van der Waals surface area contributed by atoms with Gasteiger partial charge in [0.05, 0.1) is 0 Å². The van der Waals surface area contributed by atoms with Gasteiger partial charge in [0.2, 0.25) is 0 Å². The van der Waals surface area contributed by atoms with Crippen molar-refractivity contribution in [1.29, 1.82) is 0 Å². The highest BCUT2D eigenvalue weighted by Gasteiger charge is 2.27. The number of hydrogen-bond acceptors (Lipinski definition) is 3. The van der Waals surface area contributed by atoms with E-state index in [2.05, 4.69) is 0 Å². The third-order valence-electron chi connectivity index (χ3n) is 2.69. The molecule has 1 heterocycles. The second-order valence-electron chi connectivity index (χ2n) is 3.74. The molecule has 0 aromatic rings. The summed E-state index contributed by atoms with van der Waals surface area (Å²) in [7, 11) is 0.626. The fraction of sp³-hybridized carbons (Fsp3) is 0.778. The number of likely N-dealkylation sites (N-methyl/N-ethyl adjacent to an activating group) is 1. The summed E-state index contributed by atoms with van der Waals surface area (Å²) in [6.45, 7) is 2.33. The van der Waals surface area contributed by atoms with Crippen LogP contribution in [0.5, 0.6) is 0 Å². The van der Waals surface area contributed by atoms with Crippen LogP contribution in [0.2, 0.25) is 0 Å². The molecule has 0 radical (unpaired) electrons. The highest BCUT2D eigenvalue weighted by molar-refractivity contribution is 7.85. The number of carbonyl (C=O) groups is 2. The second kappa shape index (κ2) is 5.29. The largest absolute Gasteiger partial charge is 0.480 e. The van der Waals surface area contributed by atoms with Crippen molar-refractivity contribution in [2.24, 2.45) is 0 Å². The van der Waals surface area contributed by atoms with E-state index in [1.165, 1.54) is 18.9 Å². The van der Waals surface area contributed by atoms with E-state index in [0.717, 1.165) is 0 Å². The van der Waals surface area contributed by atoms with Crippen molar-refractivity contribution >= 4 is 22.8 Å². The summed E-state index contributed by atoms with van der Waals surface area (Å²) < 4.78 is 11.1. The van der Waals surface area contributed by atoms with Gasteiger partial charge >= 0.3 is 12.0 Å². The van der Waals surface area contributed by atoms with E-state index < -0.39 is 22.8 Å². The van der Waals surface area contributed by atoms with Crippen LogP contribution < -0.4 is 0 Å². The van der Waals surface area contributed by atoms with Crippen molar-refractivity contribution in [3.05, 3.63) is 0 Å². The molecule has 1 unspecified atom stereocenters. The van der Waals surface area contributed by atoms with Crippen molar-refractivity contribution < 1.29 is 18.9 Å². The fourth-order valence-electron chi connectivity index (χ4n) is 1.38. The van der Waals surface area contributed by atoms with Gasteiger partial charge in [-0.1, -0.05) is 0 Å². The maximum Gasteiger partial charge on any atom is 0.326 e. The Labute approximate surface area is 96.7 Å². The van der Waals surface area contributed by atoms with Gasteiger partial charge in [-0.05, 0) is 6.92 Å². The lowest BCUT2D eigenvalue weighted by atomic mass is 10.3. The summed E-state index contributed by atoms with van der Waals surface area (Å²) in [4.78, 5) is 25.3. The van der Waals surface area contributed by atoms with Crippen LogP contribution in [0.4, 0.5) is 4.79 Å². The number of rotatable bonds is 2. The normalized spacial score (nSPS) is 19.2. The minimum Gasteiger partial charge on any atom is -0.480 e. The van der Waals surface area contributed by atoms with E-state index in [1.807, 2.05) is 0 Å². The molecule has 1 rings (SSSR count). The van der Waals surface area contributed by atoms with E-state index in [0.29, 0.717) is 24.6 Å². The number of nitrogens with zero attached hydrogens (tertiary/aromatic N) is 2. The molecule has 2 amide bonds. The lowest BCUT2D eigenvalue weighted by molar-refractivity contribution is -0.141. The maximum atomic E-state index is 11.8. The quantitative estimate of drug-likeness (QED) is 0.719. The van der Waals surface area contributed by atoms with Gasteiger partial charge in [0.15, 0.2) is 0 Å². The Kier molecular flexibility index (Phi) is 4.28. The van der Waals surface area contributed by atoms with Gasteiger partial charge in [-0.15, -0.1) is 0 Å². The second-order valence-corrected chi connectivity index (χ2v) is 5.44. The van der Waals surface area contributed by atoms with Crippen LogP contribution in [0.3, 0.4) is 0 Å². The monoisotopic (exact) mass is 248 g/mol. The summed E-state index contributed by atoms with van der Waals surface area (Å²) >= 11 is 0. The Balaban J connectivity index is 2.57. The standard InChI is InChI=1S/C9H16N2O4S/c1-7(8(12)13)10(2)9(14)11-3-5-16(15)6-4-11/h7H,3-6H2,1-2H3,(H,12,13). The number of aliphatic carboxylic acids is 1. The Morgan fingerprint density at radius 3 is 2.31 bits per heavy atom. The summed E-state index contributed by atoms with van der Waals surface area (Å²) in [5, 5.41) is 8.78. The first-order valence-electron chi connectivity index (χ1n) is 5.03. The molecule has 6 nitrogen and oxygen atoms in total. The van der Waals surface area contributed by atoms with Crippen molar-refractivity contribution in [3.8, 4) is 0 Å². The lowest BCUT2D eigenvalue weighted by Gasteiger charge is -2.32. The maximum absolute atomic E-state index is 11.8. The van der Waals surface area contributed by atoms with Crippen LogP contribution in [-0.4, -0.2) is 68.8 Å². The number of hydrogen-bond donors (Lipinski definition) is 1. The Hall–Kier alpha value is -1.11. The number of carboxylic acid groups (broad SMARTS) is 1. The molecule has 1 aliphatic rings. The van der Waals surface area contributed by atoms with Gasteiger partial charge in [-0.25, -0.2) is 9.59 Å². The number of amides is 2. The molecule has 0 aromatic carbocycles. The van der Waals surface area contributed by atoms with Crippen LogP contribution in [0.15, 0.2) is 0 Å². The predicted molar refractivity (Wildman–Crippen MR) is 59.7 cm³/mol. The van der Waals surface area contributed by atoms with Crippen molar-refractivity contribution in [3.63, 3.8) is 0 Å². The molecular formula is C9H16N2O4S. The zero-order valence-electron chi connectivity index (χ0n) is 9.38. The average molecular weight is 248 g/mol. The van der Waals surface area contributed by atoms with Gasteiger partial charge in [-0.2, -0.15) is 0 Å². The third-order valence-corrected chi connectivity index (χ3v) is 3.96. The highest BCUT2D eigenvalue weighted by Crippen LogP contribution is 2.06. The fourth-order valence-corrected chi connectivity index (χ4v) is 2.44. The summed E-state index contributed by atoms with van der Waals surface area (Å²) in [5.41, 5.74) is 0. The summed E-state index contributed by atoms with van der Waals surface area (Å²) in [6.07, 6.45) is 0. The van der Waals surface area contributed by atoms with Gasteiger partial charge in [0.1, 0.15) is 6.04 Å². The van der Waals surface area contributed by atoms with E-state index in [1.54, 1.807) is 4.90 Å². The topological polar surface area (TPSA) is 77.9 Å². The molecule has 1 atom stereocenters. The number of carbonyl (C=O) groups excluding carboxylic acids is 1. The zero-order chi connectivity index (χ0) is 12.3. The Morgan fingerprint density at radius 1 is 1.38 bits per heavy atom. The molecule has 0 aromatic heterocycles. The van der Waals surface area contributed by atoms with Crippen LogP contribution in [0, 0.1) is 0 Å². The molecule has 0 saturated carbocycles. The molecule has 0 aliphatic carbocycles. The molecule has 16 heavy (non-hydrogen) atoms. The first kappa shape index (κ1) is 13.0. The van der Waals surface area contributed by atoms with Gasteiger partial charge < -0.3 is 14.9 Å². The number of urea groups is 1. The van der Waals surface area contributed by atoms with Gasteiger partial charge in [0, 0.05) is 42.4 Å². The minimum absolute atomic E-state index is 0.313. The smallest absolute Gasteiger partial charge is 0.326 e. The van der Waals surface area contributed by atoms with E-state index in [9.17, 15) is 13.8 Å². The molecule has 1 saturated heterocycles. The van der Waals surface area contributed by atoms with E-state index in [4.69, 9.17) is 5.11 Å². The van der Waals surface area contributed by atoms with Crippen LogP contribution in [-0.2, 0) is 15.6 Å². The molecule has 1 fully saturated rings. The SMILES string of the molecule is CC(C(=O)O)N(C)C(=O)N1CCS(=O)CC1. The molecule has 0 bridgehead atoms. The van der Waals surface area contributed by atoms with Crippen LogP contribution >= 0.6 is 0 Å². The molecule has 92 valence electrons. The van der Waals surface area contributed by atoms with E-state index >= 15 is 0 Å². The van der Waals surface area contributed by atoms with E-state index in [-0.39, 0.29) is 6.03 Å². The van der Waals surface area contributed by atoms with Gasteiger partial charge in [0.25, 0.3) is 0 Å². The molecule has 0 spiro atoms. The van der Waals surface area contributed by atoms with Crippen LogP contribution in [0.25, 0.3) is 0 Å². The first-order valence-corrected chi connectivity index (χ1v) is 6.52.